The molecule has 0 radical (unpaired) electrons. The summed E-state index contributed by atoms with van der Waals surface area (Å²) in [4.78, 5) is 11.7. The van der Waals surface area contributed by atoms with Crippen LogP contribution in [0.3, 0.4) is 0 Å². The van der Waals surface area contributed by atoms with Gasteiger partial charge in [0.1, 0.15) is 11.4 Å². The number of fused-ring (bicyclic) bond motifs is 1. The van der Waals surface area contributed by atoms with Crippen molar-refractivity contribution in [1.82, 2.24) is 10.2 Å². The molecule has 0 saturated heterocycles. The van der Waals surface area contributed by atoms with E-state index in [0.29, 0.717) is 23.2 Å². The molecular formula is C12H10N2O2. The lowest BCUT2D eigenvalue weighted by Gasteiger charge is -2.01. The number of carbonyl (C=O) groups is 1. The van der Waals surface area contributed by atoms with Crippen LogP contribution < -0.4 is 0 Å². The van der Waals surface area contributed by atoms with Gasteiger partial charge in [-0.25, -0.2) is 0 Å². The van der Waals surface area contributed by atoms with E-state index >= 15 is 0 Å². The monoisotopic (exact) mass is 214 g/mol. The first-order valence-electron chi connectivity index (χ1n) is 5.16. The molecule has 0 spiro atoms. The topological polar surface area (TPSA) is 66.0 Å². The van der Waals surface area contributed by atoms with Crippen molar-refractivity contribution in [3.8, 4) is 17.0 Å². The van der Waals surface area contributed by atoms with Gasteiger partial charge in [0.15, 0.2) is 5.78 Å². The molecule has 4 heteroatoms. The van der Waals surface area contributed by atoms with Crippen molar-refractivity contribution in [1.29, 1.82) is 0 Å². The minimum Gasteiger partial charge on any atom is -0.507 e. The van der Waals surface area contributed by atoms with Crippen molar-refractivity contribution in [3.63, 3.8) is 0 Å². The van der Waals surface area contributed by atoms with Crippen molar-refractivity contribution >= 4 is 5.78 Å². The number of phenols is 1. The normalized spacial score (nSPS) is 14.1. The van der Waals surface area contributed by atoms with Gasteiger partial charge in [0, 0.05) is 17.7 Å². The zero-order chi connectivity index (χ0) is 11.1. The fraction of sp³-hybridized carbons (Fsp3) is 0.167. The van der Waals surface area contributed by atoms with Crippen LogP contribution in [0.25, 0.3) is 11.3 Å². The van der Waals surface area contributed by atoms with Gasteiger partial charge in [0.2, 0.25) is 0 Å². The number of hydrogen-bond donors (Lipinski definition) is 2. The van der Waals surface area contributed by atoms with Gasteiger partial charge in [-0.15, -0.1) is 0 Å². The summed E-state index contributed by atoms with van der Waals surface area (Å²) >= 11 is 0. The summed E-state index contributed by atoms with van der Waals surface area (Å²) in [5.74, 6) is 0.249. The number of benzene rings is 1. The molecule has 0 unspecified atom stereocenters. The highest BCUT2D eigenvalue weighted by molar-refractivity contribution is 6.05. The Hall–Kier alpha value is -2.10. The van der Waals surface area contributed by atoms with Crippen LogP contribution in [0.5, 0.6) is 5.75 Å². The second-order valence-corrected chi connectivity index (χ2v) is 3.87. The highest BCUT2D eigenvalue weighted by Crippen LogP contribution is 2.34. The Balaban J connectivity index is 2.22. The second kappa shape index (κ2) is 3.20. The molecule has 0 aliphatic heterocycles. The van der Waals surface area contributed by atoms with E-state index in [1.54, 1.807) is 18.2 Å². The lowest BCUT2D eigenvalue weighted by atomic mass is 10.1. The predicted molar refractivity (Wildman–Crippen MR) is 58.3 cm³/mol. The number of nitrogens with one attached hydrogen (secondary N) is 1. The number of Topliss-reactive ketones (excluding diaryl/α,β-unsaturated/α-hetero) is 1. The third-order valence-corrected chi connectivity index (χ3v) is 2.88. The largest absolute Gasteiger partial charge is 0.507 e. The fourth-order valence-corrected chi connectivity index (χ4v) is 2.09. The van der Waals surface area contributed by atoms with Crippen LogP contribution in [0.1, 0.15) is 22.5 Å². The second-order valence-electron chi connectivity index (χ2n) is 3.87. The van der Waals surface area contributed by atoms with E-state index in [2.05, 4.69) is 10.2 Å². The maximum absolute atomic E-state index is 11.7. The number of ketones is 1. The van der Waals surface area contributed by atoms with Crippen molar-refractivity contribution in [2.24, 2.45) is 0 Å². The van der Waals surface area contributed by atoms with Gasteiger partial charge < -0.3 is 5.11 Å². The number of aryl methyl sites for hydroxylation is 1. The van der Waals surface area contributed by atoms with Gasteiger partial charge in [-0.3, -0.25) is 9.89 Å². The number of hydrogen-bond acceptors (Lipinski definition) is 3. The molecule has 1 heterocycles. The van der Waals surface area contributed by atoms with Gasteiger partial charge in [-0.1, -0.05) is 12.1 Å². The van der Waals surface area contributed by atoms with Crippen LogP contribution in [-0.4, -0.2) is 21.1 Å². The molecule has 1 aliphatic carbocycles. The highest BCUT2D eigenvalue weighted by atomic mass is 16.3. The Morgan fingerprint density at radius 3 is 2.88 bits per heavy atom. The van der Waals surface area contributed by atoms with E-state index < -0.39 is 0 Å². The first-order valence-corrected chi connectivity index (χ1v) is 5.16. The Bertz CT molecular complexity index is 572. The third kappa shape index (κ3) is 1.16. The first kappa shape index (κ1) is 9.15. The molecule has 0 amide bonds. The number of phenolic OH excluding ortho intramolecular Hbond substituents is 1. The molecule has 80 valence electrons. The lowest BCUT2D eigenvalue weighted by molar-refractivity contribution is 0.0995. The molecule has 0 atom stereocenters. The summed E-state index contributed by atoms with van der Waals surface area (Å²) in [6, 6.07) is 6.91. The first-order chi connectivity index (χ1) is 7.77. The van der Waals surface area contributed by atoms with E-state index in [9.17, 15) is 9.90 Å². The Morgan fingerprint density at radius 2 is 2.06 bits per heavy atom. The van der Waals surface area contributed by atoms with Gasteiger partial charge in [0.05, 0.1) is 5.56 Å². The Kier molecular flexibility index (Phi) is 1.83. The van der Waals surface area contributed by atoms with Crippen LogP contribution in [0.15, 0.2) is 24.3 Å². The Morgan fingerprint density at radius 1 is 1.25 bits per heavy atom. The average molecular weight is 214 g/mol. The number of carbonyl (C=O) groups excluding carboxylic acids is 1. The SMILES string of the molecule is O=C1CCc2[nH]nc(-c3ccccc3O)c21. The van der Waals surface area contributed by atoms with Crippen LogP contribution in [0, 0.1) is 0 Å². The van der Waals surface area contributed by atoms with E-state index in [-0.39, 0.29) is 11.5 Å². The average Bonchev–Trinajstić information content (AvgIpc) is 2.83. The van der Waals surface area contributed by atoms with Gasteiger partial charge in [-0.2, -0.15) is 5.10 Å². The Labute approximate surface area is 91.9 Å². The van der Waals surface area contributed by atoms with Crippen molar-refractivity contribution < 1.29 is 9.90 Å². The van der Waals surface area contributed by atoms with E-state index in [0.717, 1.165) is 12.1 Å². The highest BCUT2D eigenvalue weighted by Gasteiger charge is 2.27. The molecule has 0 fully saturated rings. The molecule has 2 N–H and O–H groups in total. The van der Waals surface area contributed by atoms with Gasteiger partial charge in [0.25, 0.3) is 0 Å². The number of rotatable bonds is 1. The number of para-hydroxylation sites is 1. The predicted octanol–water partition coefficient (Wildman–Crippen LogP) is 1.91. The smallest absolute Gasteiger partial charge is 0.167 e. The van der Waals surface area contributed by atoms with Crippen LogP contribution in [0.4, 0.5) is 0 Å². The van der Waals surface area contributed by atoms with E-state index in [1.165, 1.54) is 0 Å². The summed E-state index contributed by atoms with van der Waals surface area (Å²) in [6.07, 6.45) is 1.25. The summed E-state index contributed by atoms with van der Waals surface area (Å²) in [5, 5.41) is 16.7. The third-order valence-electron chi connectivity index (χ3n) is 2.88. The van der Waals surface area contributed by atoms with Gasteiger partial charge >= 0.3 is 0 Å². The van der Waals surface area contributed by atoms with Crippen LogP contribution >= 0.6 is 0 Å². The van der Waals surface area contributed by atoms with E-state index in [4.69, 9.17) is 0 Å². The minimum absolute atomic E-state index is 0.0991. The molecular weight excluding hydrogens is 204 g/mol. The number of H-pyrrole nitrogens is 1. The van der Waals surface area contributed by atoms with Crippen molar-refractivity contribution in [3.05, 3.63) is 35.5 Å². The molecule has 2 aromatic rings. The summed E-state index contributed by atoms with van der Waals surface area (Å²) in [7, 11) is 0. The molecule has 1 aromatic carbocycles. The lowest BCUT2D eigenvalue weighted by Crippen LogP contribution is -1.93. The summed E-state index contributed by atoms with van der Waals surface area (Å²) in [5.41, 5.74) is 2.69. The van der Waals surface area contributed by atoms with E-state index in [1.807, 2.05) is 6.07 Å². The maximum Gasteiger partial charge on any atom is 0.167 e. The zero-order valence-corrected chi connectivity index (χ0v) is 8.53. The number of aromatic amines is 1. The zero-order valence-electron chi connectivity index (χ0n) is 8.53. The molecule has 16 heavy (non-hydrogen) atoms. The number of nitrogens with zero attached hydrogens (tertiary/aromatic N) is 1. The molecule has 1 aliphatic rings. The molecule has 3 rings (SSSR count). The summed E-state index contributed by atoms with van der Waals surface area (Å²) in [6.45, 7) is 0. The number of aromatic nitrogens is 2. The maximum atomic E-state index is 11.7. The van der Waals surface area contributed by atoms with Gasteiger partial charge in [-0.05, 0) is 18.6 Å². The molecule has 4 nitrogen and oxygen atoms in total. The fourth-order valence-electron chi connectivity index (χ4n) is 2.09. The molecule has 0 bridgehead atoms. The summed E-state index contributed by atoms with van der Waals surface area (Å²) < 4.78 is 0. The van der Waals surface area contributed by atoms with Crippen molar-refractivity contribution in [2.75, 3.05) is 0 Å². The number of aromatic hydroxyl groups is 1. The standard InChI is InChI=1S/C12H10N2O2/c15-9-4-2-1-3-7(9)12-11-8(13-14-12)5-6-10(11)16/h1-4,15H,5-6H2,(H,13,14). The molecule has 1 aromatic heterocycles. The van der Waals surface area contributed by atoms with Crippen LogP contribution in [0.2, 0.25) is 0 Å². The van der Waals surface area contributed by atoms with Crippen molar-refractivity contribution in [2.45, 2.75) is 12.8 Å². The van der Waals surface area contributed by atoms with Crippen LogP contribution in [-0.2, 0) is 6.42 Å². The minimum atomic E-state index is 0.0991. The molecule has 0 saturated carbocycles. The quantitative estimate of drug-likeness (QED) is 0.762.